The smallest absolute Gasteiger partial charge is 0.261 e. The van der Waals surface area contributed by atoms with Gasteiger partial charge in [-0.25, -0.2) is 9.37 Å². The first kappa shape index (κ1) is 20.6. The number of carbonyl (C=O) groups is 1. The lowest BCUT2D eigenvalue weighted by molar-refractivity contribution is 0.0957. The summed E-state index contributed by atoms with van der Waals surface area (Å²) in [6.07, 6.45) is 0.593. The predicted octanol–water partition coefficient (Wildman–Crippen LogP) is 4.03. The molecule has 6 nitrogen and oxygen atoms in total. The topological polar surface area (TPSA) is 73.3 Å². The number of carbonyl (C=O) groups excluding carboxylic acids is 1. The van der Waals surface area contributed by atoms with Gasteiger partial charge in [-0.1, -0.05) is 6.07 Å². The number of hydrogen-bond donors (Lipinski definition) is 1. The van der Waals surface area contributed by atoms with Crippen molar-refractivity contribution in [1.82, 2.24) is 15.3 Å². The van der Waals surface area contributed by atoms with Crippen LogP contribution in [-0.2, 0) is 17.8 Å². The number of amides is 1. The van der Waals surface area contributed by atoms with Crippen LogP contribution < -0.4 is 10.1 Å². The van der Waals surface area contributed by atoms with Gasteiger partial charge < -0.3 is 14.8 Å². The lowest BCUT2D eigenvalue weighted by Crippen LogP contribution is -2.25. The van der Waals surface area contributed by atoms with E-state index in [0.29, 0.717) is 38.9 Å². The molecule has 1 N–H and O–H groups in total. The summed E-state index contributed by atoms with van der Waals surface area (Å²) >= 11 is 4.47. The highest BCUT2D eigenvalue weighted by molar-refractivity contribution is 9.10. The standard InChI is InChI=1S/C19H19BrFN3O3S/c1-10-15-18(27-3)23-14(9-26-2)24-19(15)28-16(10)17(25)22-7-6-11-4-5-13(21)12(20)8-11/h4-5,8H,6-7,9H2,1-3H3,(H,22,25). The Labute approximate surface area is 174 Å². The lowest BCUT2D eigenvalue weighted by atomic mass is 10.1. The highest BCUT2D eigenvalue weighted by Crippen LogP contribution is 2.35. The summed E-state index contributed by atoms with van der Waals surface area (Å²) in [4.78, 5) is 22.7. The number of benzene rings is 1. The van der Waals surface area contributed by atoms with E-state index < -0.39 is 0 Å². The lowest BCUT2D eigenvalue weighted by Gasteiger charge is -2.06. The molecule has 2 aromatic heterocycles. The van der Waals surface area contributed by atoms with E-state index in [4.69, 9.17) is 9.47 Å². The van der Waals surface area contributed by atoms with Gasteiger partial charge in [0.05, 0.1) is 21.8 Å². The summed E-state index contributed by atoms with van der Waals surface area (Å²) in [5.41, 5.74) is 1.71. The number of rotatable bonds is 7. The van der Waals surface area contributed by atoms with Crippen LogP contribution in [0.25, 0.3) is 10.2 Å². The zero-order chi connectivity index (χ0) is 20.3. The Balaban J connectivity index is 1.77. The van der Waals surface area contributed by atoms with Gasteiger partial charge in [0.1, 0.15) is 17.3 Å². The van der Waals surface area contributed by atoms with Gasteiger partial charge in [0.2, 0.25) is 5.88 Å². The van der Waals surface area contributed by atoms with E-state index in [0.717, 1.165) is 16.5 Å². The molecule has 2 heterocycles. The van der Waals surface area contributed by atoms with Crippen molar-refractivity contribution in [3.8, 4) is 5.88 Å². The van der Waals surface area contributed by atoms with Crippen molar-refractivity contribution in [1.29, 1.82) is 0 Å². The Bertz CT molecular complexity index is 1030. The van der Waals surface area contributed by atoms with Crippen LogP contribution in [0.1, 0.15) is 26.6 Å². The highest BCUT2D eigenvalue weighted by atomic mass is 79.9. The van der Waals surface area contributed by atoms with Gasteiger partial charge in [-0.2, -0.15) is 4.98 Å². The third-order valence-corrected chi connectivity index (χ3v) is 5.95. The van der Waals surface area contributed by atoms with Crippen molar-refractivity contribution in [2.45, 2.75) is 20.0 Å². The summed E-state index contributed by atoms with van der Waals surface area (Å²) in [6.45, 7) is 2.55. The average molecular weight is 468 g/mol. The minimum absolute atomic E-state index is 0.183. The fraction of sp³-hybridized carbons (Fsp3) is 0.316. The summed E-state index contributed by atoms with van der Waals surface area (Å²) in [5, 5.41) is 3.65. The van der Waals surface area contributed by atoms with Crippen LogP contribution >= 0.6 is 27.3 Å². The molecule has 0 bridgehead atoms. The number of nitrogens with one attached hydrogen (secondary N) is 1. The molecule has 148 valence electrons. The Kier molecular flexibility index (Phi) is 6.58. The zero-order valence-corrected chi connectivity index (χ0v) is 18.0. The van der Waals surface area contributed by atoms with Crippen LogP contribution in [0.4, 0.5) is 4.39 Å². The normalized spacial score (nSPS) is 11.0. The largest absolute Gasteiger partial charge is 0.480 e. The third-order valence-electron chi connectivity index (χ3n) is 4.16. The second-order valence-electron chi connectivity index (χ2n) is 6.07. The summed E-state index contributed by atoms with van der Waals surface area (Å²) in [5.74, 6) is 0.441. The monoisotopic (exact) mass is 467 g/mol. The van der Waals surface area contributed by atoms with Crippen molar-refractivity contribution < 1.29 is 18.7 Å². The van der Waals surface area contributed by atoms with Gasteiger partial charge in [-0.3, -0.25) is 4.79 Å². The number of ether oxygens (including phenoxy) is 2. The van der Waals surface area contributed by atoms with E-state index in [-0.39, 0.29) is 18.3 Å². The maximum Gasteiger partial charge on any atom is 0.261 e. The Morgan fingerprint density at radius 3 is 2.79 bits per heavy atom. The van der Waals surface area contributed by atoms with Crippen LogP contribution in [0.3, 0.4) is 0 Å². The van der Waals surface area contributed by atoms with E-state index in [2.05, 4.69) is 31.2 Å². The van der Waals surface area contributed by atoms with Gasteiger partial charge >= 0.3 is 0 Å². The Hall–Kier alpha value is -2.10. The zero-order valence-electron chi connectivity index (χ0n) is 15.6. The van der Waals surface area contributed by atoms with Crippen molar-refractivity contribution in [3.05, 3.63) is 50.3 Å². The molecule has 3 rings (SSSR count). The van der Waals surface area contributed by atoms with Crippen LogP contribution in [0, 0.1) is 12.7 Å². The molecule has 0 radical (unpaired) electrons. The van der Waals surface area contributed by atoms with Gasteiger partial charge in [0.25, 0.3) is 5.91 Å². The highest BCUT2D eigenvalue weighted by Gasteiger charge is 2.21. The second kappa shape index (κ2) is 8.93. The molecule has 28 heavy (non-hydrogen) atoms. The molecule has 0 aliphatic rings. The Morgan fingerprint density at radius 2 is 2.11 bits per heavy atom. The maximum atomic E-state index is 13.3. The number of thiophene rings is 1. The minimum atomic E-state index is -0.309. The van der Waals surface area contributed by atoms with Crippen LogP contribution in [0.5, 0.6) is 5.88 Å². The number of methoxy groups -OCH3 is 2. The number of nitrogens with zero attached hydrogens (tertiary/aromatic N) is 2. The third kappa shape index (κ3) is 4.31. The Morgan fingerprint density at radius 1 is 1.32 bits per heavy atom. The molecule has 0 aliphatic heterocycles. The number of aromatic nitrogens is 2. The molecule has 0 spiro atoms. The van der Waals surface area contributed by atoms with Crippen LogP contribution in [0.15, 0.2) is 22.7 Å². The summed E-state index contributed by atoms with van der Waals surface area (Å²) in [6, 6.07) is 4.82. The van der Waals surface area contributed by atoms with E-state index in [1.807, 2.05) is 6.92 Å². The molecular formula is C19H19BrFN3O3S. The first-order valence-electron chi connectivity index (χ1n) is 8.49. The van der Waals surface area contributed by atoms with Gasteiger partial charge in [0.15, 0.2) is 5.82 Å². The van der Waals surface area contributed by atoms with E-state index in [9.17, 15) is 9.18 Å². The van der Waals surface area contributed by atoms with Crippen molar-refractivity contribution in [3.63, 3.8) is 0 Å². The molecule has 0 unspecified atom stereocenters. The number of fused-ring (bicyclic) bond motifs is 1. The van der Waals surface area contributed by atoms with Crippen molar-refractivity contribution in [2.75, 3.05) is 20.8 Å². The minimum Gasteiger partial charge on any atom is -0.480 e. The SMILES string of the molecule is COCc1nc(OC)c2c(C)c(C(=O)NCCc3ccc(F)c(Br)c3)sc2n1. The van der Waals surface area contributed by atoms with E-state index in [1.54, 1.807) is 19.2 Å². The first-order valence-corrected chi connectivity index (χ1v) is 10.1. The average Bonchev–Trinajstić information content (AvgIpc) is 3.01. The van der Waals surface area contributed by atoms with E-state index in [1.165, 1.54) is 24.5 Å². The molecule has 0 aliphatic carbocycles. The molecule has 0 atom stereocenters. The van der Waals surface area contributed by atoms with Gasteiger partial charge in [-0.15, -0.1) is 11.3 Å². The molecule has 0 saturated carbocycles. The molecule has 3 aromatic rings. The quantitative estimate of drug-likeness (QED) is 0.567. The summed E-state index contributed by atoms with van der Waals surface area (Å²) in [7, 11) is 3.11. The molecule has 9 heteroatoms. The van der Waals surface area contributed by atoms with Crippen LogP contribution in [0.2, 0.25) is 0 Å². The summed E-state index contributed by atoms with van der Waals surface area (Å²) < 4.78 is 24.2. The second-order valence-corrected chi connectivity index (χ2v) is 7.93. The predicted molar refractivity (Wildman–Crippen MR) is 110 cm³/mol. The van der Waals surface area contributed by atoms with Crippen LogP contribution in [-0.4, -0.2) is 36.6 Å². The molecular weight excluding hydrogens is 449 g/mol. The molecule has 1 amide bonds. The fourth-order valence-corrected chi connectivity index (χ4v) is 4.33. The fourth-order valence-electron chi connectivity index (χ4n) is 2.80. The number of halogens is 2. The van der Waals surface area contributed by atoms with E-state index >= 15 is 0 Å². The number of aryl methyl sites for hydroxylation is 1. The first-order chi connectivity index (χ1) is 13.4. The molecule has 1 aromatic carbocycles. The van der Waals surface area contributed by atoms with Crippen molar-refractivity contribution >= 4 is 43.4 Å². The molecule has 0 fully saturated rings. The van der Waals surface area contributed by atoms with Gasteiger partial charge in [-0.05, 0) is 52.5 Å². The maximum absolute atomic E-state index is 13.3. The van der Waals surface area contributed by atoms with Crippen molar-refractivity contribution in [2.24, 2.45) is 0 Å². The van der Waals surface area contributed by atoms with Gasteiger partial charge in [0, 0.05) is 13.7 Å². The molecule has 0 saturated heterocycles. The number of hydrogen-bond acceptors (Lipinski definition) is 6.